The standard InChI is InChI=1S/C26H33ClN4O2/c1-4-32-22-15-17(14-18-8-11-26(2,3)33-23(18)22)16-31-12-9-19(10-13-31)28-24-20-6-5-7-21(20)29-25(27)30-24/h8,11,14-15,19H,4-7,9-10,12-13,16H2,1-3H3,(H,28,29,30). The maximum absolute atomic E-state index is 6.21. The molecule has 3 heterocycles. The van der Waals surface area contributed by atoms with E-state index in [1.807, 2.05) is 6.92 Å². The summed E-state index contributed by atoms with van der Waals surface area (Å²) in [7, 11) is 0. The van der Waals surface area contributed by atoms with E-state index in [1.54, 1.807) is 0 Å². The molecule has 0 unspecified atom stereocenters. The van der Waals surface area contributed by atoms with Crippen molar-refractivity contribution >= 4 is 23.5 Å². The Hall–Kier alpha value is -2.31. The number of ether oxygens (including phenoxy) is 2. The third-order valence-electron chi connectivity index (χ3n) is 6.71. The second kappa shape index (κ2) is 9.15. The average Bonchev–Trinajstić information content (AvgIpc) is 3.24. The summed E-state index contributed by atoms with van der Waals surface area (Å²) in [6.45, 7) is 9.76. The number of nitrogens with zero attached hydrogens (tertiary/aromatic N) is 3. The summed E-state index contributed by atoms with van der Waals surface area (Å²) >= 11 is 6.17. The van der Waals surface area contributed by atoms with Gasteiger partial charge >= 0.3 is 0 Å². The molecule has 0 bridgehead atoms. The topological polar surface area (TPSA) is 59.5 Å². The van der Waals surface area contributed by atoms with E-state index in [-0.39, 0.29) is 5.60 Å². The molecule has 5 rings (SSSR count). The van der Waals surface area contributed by atoms with Gasteiger partial charge in [-0.05, 0) is 88.2 Å². The van der Waals surface area contributed by atoms with Gasteiger partial charge in [0.05, 0.1) is 12.3 Å². The van der Waals surface area contributed by atoms with Crippen LogP contribution >= 0.6 is 11.6 Å². The Labute approximate surface area is 201 Å². The fraction of sp³-hybridized carbons (Fsp3) is 0.538. The summed E-state index contributed by atoms with van der Waals surface area (Å²) in [4.78, 5) is 11.4. The number of benzene rings is 1. The van der Waals surface area contributed by atoms with E-state index in [9.17, 15) is 0 Å². The molecule has 1 aromatic heterocycles. The molecule has 0 atom stereocenters. The summed E-state index contributed by atoms with van der Waals surface area (Å²) in [5, 5.41) is 4.03. The van der Waals surface area contributed by atoms with Crippen molar-refractivity contribution in [2.45, 2.75) is 71.1 Å². The van der Waals surface area contributed by atoms with Crippen LogP contribution in [0.15, 0.2) is 18.2 Å². The molecule has 1 fully saturated rings. The highest BCUT2D eigenvalue weighted by atomic mass is 35.5. The number of hydrogen-bond acceptors (Lipinski definition) is 6. The molecule has 0 saturated carbocycles. The summed E-state index contributed by atoms with van der Waals surface area (Å²) in [5.41, 5.74) is 4.42. The Morgan fingerprint density at radius 1 is 1.21 bits per heavy atom. The van der Waals surface area contributed by atoms with Crippen molar-refractivity contribution in [1.29, 1.82) is 0 Å². The van der Waals surface area contributed by atoms with Gasteiger partial charge in [0, 0.05) is 36.8 Å². The van der Waals surface area contributed by atoms with Crippen molar-refractivity contribution in [2.75, 3.05) is 25.0 Å². The van der Waals surface area contributed by atoms with Gasteiger partial charge in [-0.15, -0.1) is 0 Å². The van der Waals surface area contributed by atoms with E-state index < -0.39 is 0 Å². The van der Waals surface area contributed by atoms with Crippen molar-refractivity contribution in [3.05, 3.63) is 45.9 Å². The highest BCUT2D eigenvalue weighted by molar-refractivity contribution is 6.28. The summed E-state index contributed by atoms with van der Waals surface area (Å²) < 4.78 is 12.2. The van der Waals surface area contributed by atoms with Gasteiger partial charge in [0.25, 0.3) is 0 Å². The molecular formula is C26H33ClN4O2. The Bertz CT molecular complexity index is 1060. The molecule has 0 amide bonds. The lowest BCUT2D eigenvalue weighted by Crippen LogP contribution is -2.39. The fourth-order valence-corrected chi connectivity index (χ4v) is 5.25. The van der Waals surface area contributed by atoms with E-state index in [0.717, 1.165) is 80.3 Å². The van der Waals surface area contributed by atoms with Crippen LogP contribution in [0.2, 0.25) is 5.28 Å². The number of anilines is 1. The summed E-state index contributed by atoms with van der Waals surface area (Å²) in [6, 6.07) is 4.80. The molecule has 1 aromatic carbocycles. The van der Waals surface area contributed by atoms with Crippen LogP contribution in [-0.2, 0) is 19.4 Å². The van der Waals surface area contributed by atoms with Gasteiger partial charge in [-0.1, -0.05) is 6.08 Å². The predicted octanol–water partition coefficient (Wildman–Crippen LogP) is 5.28. The van der Waals surface area contributed by atoms with Crippen molar-refractivity contribution in [2.24, 2.45) is 0 Å². The number of aromatic nitrogens is 2. The molecule has 1 aliphatic carbocycles. The number of hydrogen-bond donors (Lipinski definition) is 1. The lowest BCUT2D eigenvalue weighted by molar-refractivity contribution is 0.149. The first kappa shape index (κ1) is 22.5. The third-order valence-corrected chi connectivity index (χ3v) is 6.88. The fourth-order valence-electron chi connectivity index (χ4n) is 5.07. The number of likely N-dealkylation sites (tertiary alicyclic amines) is 1. The Balaban J connectivity index is 1.23. The van der Waals surface area contributed by atoms with Gasteiger partial charge in [-0.25, -0.2) is 9.97 Å². The number of piperidine rings is 1. The molecule has 7 heteroatoms. The van der Waals surface area contributed by atoms with Crippen molar-refractivity contribution < 1.29 is 9.47 Å². The highest BCUT2D eigenvalue weighted by Gasteiger charge is 2.27. The number of halogens is 1. The first-order valence-corrected chi connectivity index (χ1v) is 12.5. The van der Waals surface area contributed by atoms with Crippen molar-refractivity contribution in [1.82, 2.24) is 14.9 Å². The van der Waals surface area contributed by atoms with Gasteiger partial charge in [0.15, 0.2) is 11.5 Å². The van der Waals surface area contributed by atoms with Gasteiger partial charge in [-0.2, -0.15) is 0 Å². The van der Waals surface area contributed by atoms with E-state index in [2.05, 4.69) is 58.3 Å². The molecule has 2 aromatic rings. The SMILES string of the molecule is CCOc1cc(CN2CCC(Nc3nc(Cl)nc4c3CCC4)CC2)cc2c1OC(C)(C)C=C2. The number of fused-ring (bicyclic) bond motifs is 2. The smallest absolute Gasteiger partial charge is 0.224 e. The maximum Gasteiger partial charge on any atom is 0.224 e. The van der Waals surface area contributed by atoms with Crippen LogP contribution in [0.25, 0.3) is 6.08 Å². The summed E-state index contributed by atoms with van der Waals surface area (Å²) in [5.74, 6) is 2.65. The number of nitrogens with one attached hydrogen (secondary N) is 1. The van der Waals surface area contributed by atoms with Gasteiger partial charge in [-0.3, -0.25) is 4.90 Å². The average molecular weight is 469 g/mol. The zero-order chi connectivity index (χ0) is 23.0. The molecule has 0 radical (unpaired) electrons. The zero-order valence-electron chi connectivity index (χ0n) is 19.8. The molecule has 2 aliphatic heterocycles. The normalized spacial score (nSPS) is 19.6. The third kappa shape index (κ3) is 4.97. The molecule has 3 aliphatic rings. The van der Waals surface area contributed by atoms with Crippen molar-refractivity contribution in [3.8, 4) is 11.5 Å². The number of aryl methyl sites for hydroxylation is 1. The Morgan fingerprint density at radius 3 is 2.82 bits per heavy atom. The van der Waals surface area contributed by atoms with E-state index in [4.69, 9.17) is 21.1 Å². The van der Waals surface area contributed by atoms with Crippen LogP contribution in [0.1, 0.15) is 62.4 Å². The number of rotatable bonds is 6. The van der Waals surface area contributed by atoms with Crippen LogP contribution in [0.5, 0.6) is 11.5 Å². The molecule has 33 heavy (non-hydrogen) atoms. The van der Waals surface area contributed by atoms with Crippen LogP contribution in [0.4, 0.5) is 5.82 Å². The van der Waals surface area contributed by atoms with Crippen LogP contribution in [0.3, 0.4) is 0 Å². The lowest BCUT2D eigenvalue weighted by atomic mass is 9.99. The Morgan fingerprint density at radius 2 is 2.03 bits per heavy atom. The predicted molar refractivity (Wildman–Crippen MR) is 132 cm³/mol. The van der Waals surface area contributed by atoms with Gasteiger partial charge in [0.2, 0.25) is 5.28 Å². The van der Waals surface area contributed by atoms with E-state index >= 15 is 0 Å². The first-order valence-electron chi connectivity index (χ1n) is 12.1. The quantitative estimate of drug-likeness (QED) is 0.582. The van der Waals surface area contributed by atoms with Gasteiger partial charge in [0.1, 0.15) is 11.4 Å². The highest BCUT2D eigenvalue weighted by Crippen LogP contribution is 2.40. The van der Waals surface area contributed by atoms with E-state index in [1.165, 1.54) is 11.1 Å². The summed E-state index contributed by atoms with van der Waals surface area (Å²) in [6.07, 6.45) is 9.62. The Kier molecular flexibility index (Phi) is 6.23. The minimum absolute atomic E-state index is 0.316. The molecule has 0 spiro atoms. The van der Waals surface area contributed by atoms with Crippen LogP contribution in [-0.4, -0.2) is 46.2 Å². The van der Waals surface area contributed by atoms with Gasteiger partial charge < -0.3 is 14.8 Å². The van der Waals surface area contributed by atoms with Crippen molar-refractivity contribution in [3.63, 3.8) is 0 Å². The molecular weight excluding hydrogens is 436 g/mol. The lowest BCUT2D eigenvalue weighted by Gasteiger charge is -2.33. The molecule has 6 nitrogen and oxygen atoms in total. The zero-order valence-corrected chi connectivity index (χ0v) is 20.5. The molecule has 1 N–H and O–H groups in total. The van der Waals surface area contributed by atoms with Crippen LogP contribution in [0, 0.1) is 0 Å². The minimum Gasteiger partial charge on any atom is -0.490 e. The van der Waals surface area contributed by atoms with E-state index in [0.29, 0.717) is 17.9 Å². The molecule has 1 saturated heterocycles. The second-order valence-electron chi connectivity index (χ2n) is 9.80. The largest absolute Gasteiger partial charge is 0.490 e. The second-order valence-corrected chi connectivity index (χ2v) is 10.1. The van der Waals surface area contributed by atoms with Crippen LogP contribution < -0.4 is 14.8 Å². The maximum atomic E-state index is 6.21. The monoisotopic (exact) mass is 468 g/mol. The first-order chi connectivity index (χ1) is 15.9. The molecule has 176 valence electrons. The minimum atomic E-state index is -0.316.